The number of aliphatic hydroxyl groups excluding tert-OH is 2. The van der Waals surface area contributed by atoms with Crippen molar-refractivity contribution in [3.05, 3.63) is 60.8 Å². The zero-order valence-corrected chi connectivity index (χ0v) is 34.6. The largest absolute Gasteiger partial charge is 0.472 e. The van der Waals surface area contributed by atoms with Gasteiger partial charge in [0.25, 0.3) is 0 Å². The summed E-state index contributed by atoms with van der Waals surface area (Å²) in [7, 11) is -4.63. The van der Waals surface area contributed by atoms with E-state index in [0.29, 0.717) is 12.8 Å². The normalized spacial score (nSPS) is 14.5. The molecule has 0 saturated heterocycles. The molecule has 0 heterocycles. The van der Waals surface area contributed by atoms with Gasteiger partial charge in [0.05, 0.1) is 19.8 Å². The van der Waals surface area contributed by atoms with Gasteiger partial charge < -0.3 is 24.6 Å². The molecule has 54 heavy (non-hydrogen) atoms. The number of rotatable bonds is 38. The molecule has 0 rings (SSSR count). The van der Waals surface area contributed by atoms with Crippen LogP contribution in [0, 0.1) is 0 Å². The molecular weight excluding hydrogens is 707 g/mol. The average molecular weight is 783 g/mol. The molecule has 0 fully saturated rings. The SMILES string of the molecule is CCCC/C=C/C/C=C/CCCCCCCC(=O)O[C@H](COC(=O)CCCCCC/C=C/C/C=C/C/C=C/CCCCC)COP(=O)(O)OC[C@@H](O)CO. The van der Waals surface area contributed by atoms with Crippen molar-refractivity contribution in [2.24, 2.45) is 0 Å². The van der Waals surface area contributed by atoms with Gasteiger partial charge in [-0.2, -0.15) is 0 Å². The molecule has 312 valence electrons. The minimum Gasteiger partial charge on any atom is -0.462 e. The van der Waals surface area contributed by atoms with Crippen LogP contribution in [0.2, 0.25) is 0 Å². The third-order valence-electron chi connectivity index (χ3n) is 8.39. The molecule has 0 aromatic rings. The lowest BCUT2D eigenvalue weighted by Gasteiger charge is -2.20. The second-order valence-corrected chi connectivity index (χ2v) is 15.1. The number of ether oxygens (including phenoxy) is 2. The van der Waals surface area contributed by atoms with Crippen LogP contribution in [0.25, 0.3) is 0 Å². The standard InChI is InChI=1S/C43H75O10P/c1-3-5-7-9-11-13-15-17-19-20-21-23-24-26-28-30-32-34-42(46)50-38-41(39-52-54(48,49)51-37-40(45)36-44)53-43(47)35-33-31-29-27-25-22-18-16-14-12-10-8-6-4-2/h10-13,16-19,21,23,40-41,44-45H,3-9,14-15,20,22,24-39H2,1-2H3,(H,48,49)/b12-10+,13-11+,18-16+,19-17+,23-21+/t40-,41+/m0/s1. The highest BCUT2D eigenvalue weighted by atomic mass is 31.2. The van der Waals surface area contributed by atoms with Crippen molar-refractivity contribution < 1.29 is 47.8 Å². The monoisotopic (exact) mass is 783 g/mol. The molecule has 0 aliphatic heterocycles. The van der Waals surface area contributed by atoms with Crippen molar-refractivity contribution in [3.8, 4) is 0 Å². The summed E-state index contributed by atoms with van der Waals surface area (Å²) in [5, 5.41) is 18.3. The maximum absolute atomic E-state index is 12.6. The summed E-state index contributed by atoms with van der Waals surface area (Å²) in [6.45, 7) is 2.25. The Hall–Kier alpha value is -2.33. The number of allylic oxidation sites excluding steroid dienone is 10. The van der Waals surface area contributed by atoms with Crippen molar-refractivity contribution in [1.82, 2.24) is 0 Å². The van der Waals surface area contributed by atoms with Gasteiger partial charge in [0.15, 0.2) is 6.10 Å². The first-order valence-corrected chi connectivity index (χ1v) is 22.2. The molecule has 0 amide bonds. The van der Waals surface area contributed by atoms with Gasteiger partial charge in [-0.25, -0.2) is 4.57 Å². The molecule has 0 aromatic carbocycles. The molecule has 0 aliphatic carbocycles. The summed E-state index contributed by atoms with van der Waals surface area (Å²) in [4.78, 5) is 34.9. The quantitative estimate of drug-likeness (QED) is 0.0239. The molecule has 11 heteroatoms. The predicted octanol–water partition coefficient (Wildman–Crippen LogP) is 10.7. The maximum atomic E-state index is 12.6. The Morgan fingerprint density at radius 3 is 1.50 bits per heavy atom. The summed E-state index contributed by atoms with van der Waals surface area (Å²) in [6.07, 6.45) is 41.8. The number of esters is 2. The van der Waals surface area contributed by atoms with Crippen LogP contribution in [-0.4, -0.2) is 65.7 Å². The minimum atomic E-state index is -4.63. The van der Waals surface area contributed by atoms with Gasteiger partial charge in [0.1, 0.15) is 12.7 Å². The van der Waals surface area contributed by atoms with Crippen molar-refractivity contribution in [2.45, 2.75) is 174 Å². The van der Waals surface area contributed by atoms with E-state index in [1.165, 1.54) is 38.5 Å². The van der Waals surface area contributed by atoms with Crippen LogP contribution in [0.15, 0.2) is 60.8 Å². The van der Waals surface area contributed by atoms with Gasteiger partial charge in [0, 0.05) is 12.8 Å². The van der Waals surface area contributed by atoms with Crippen LogP contribution >= 0.6 is 7.82 Å². The van der Waals surface area contributed by atoms with E-state index >= 15 is 0 Å². The van der Waals surface area contributed by atoms with Crippen LogP contribution in [-0.2, 0) is 32.7 Å². The second kappa shape index (κ2) is 38.9. The Kier molecular flexibility index (Phi) is 37.2. The number of carbonyl (C=O) groups is 2. The van der Waals surface area contributed by atoms with E-state index < -0.39 is 51.8 Å². The number of phosphoric acid groups is 1. The predicted molar refractivity (Wildman–Crippen MR) is 219 cm³/mol. The van der Waals surface area contributed by atoms with Crippen molar-refractivity contribution >= 4 is 19.8 Å². The Bertz CT molecular complexity index is 1080. The third-order valence-corrected chi connectivity index (χ3v) is 9.35. The summed E-state index contributed by atoms with van der Waals surface area (Å²) in [6, 6.07) is 0. The molecule has 1 unspecified atom stereocenters. The van der Waals surface area contributed by atoms with Crippen LogP contribution in [0.3, 0.4) is 0 Å². The number of phosphoric ester groups is 1. The molecule has 0 aromatic heterocycles. The number of carbonyl (C=O) groups excluding carboxylic acids is 2. The lowest BCUT2D eigenvalue weighted by Crippen LogP contribution is -2.29. The molecular formula is C43H75O10P. The first-order chi connectivity index (χ1) is 26.2. The third kappa shape index (κ3) is 38.0. The fourth-order valence-corrected chi connectivity index (χ4v) is 5.92. The Morgan fingerprint density at radius 2 is 0.981 bits per heavy atom. The van der Waals surface area contributed by atoms with Gasteiger partial charge in [-0.3, -0.25) is 18.6 Å². The number of aliphatic hydroxyl groups is 2. The van der Waals surface area contributed by atoms with E-state index in [4.69, 9.17) is 19.1 Å². The highest BCUT2D eigenvalue weighted by Gasteiger charge is 2.27. The van der Waals surface area contributed by atoms with E-state index in [1.54, 1.807) is 0 Å². The number of hydrogen-bond donors (Lipinski definition) is 3. The lowest BCUT2D eigenvalue weighted by atomic mass is 10.1. The zero-order chi connectivity index (χ0) is 39.8. The van der Waals surface area contributed by atoms with Crippen LogP contribution in [0.1, 0.15) is 162 Å². The van der Waals surface area contributed by atoms with Crippen LogP contribution in [0.4, 0.5) is 0 Å². The Balaban J connectivity index is 4.40. The molecule has 0 spiro atoms. The van der Waals surface area contributed by atoms with E-state index in [0.717, 1.165) is 83.5 Å². The zero-order valence-electron chi connectivity index (χ0n) is 33.7. The molecule has 3 atom stereocenters. The molecule has 10 nitrogen and oxygen atoms in total. The van der Waals surface area contributed by atoms with E-state index in [9.17, 15) is 24.2 Å². The van der Waals surface area contributed by atoms with Crippen LogP contribution < -0.4 is 0 Å². The highest BCUT2D eigenvalue weighted by molar-refractivity contribution is 7.47. The maximum Gasteiger partial charge on any atom is 0.472 e. The molecule has 0 radical (unpaired) electrons. The van der Waals surface area contributed by atoms with Crippen molar-refractivity contribution in [1.29, 1.82) is 0 Å². The van der Waals surface area contributed by atoms with Gasteiger partial charge in [-0.05, 0) is 77.0 Å². The van der Waals surface area contributed by atoms with E-state index in [1.807, 2.05) is 0 Å². The fraction of sp³-hybridized carbons (Fsp3) is 0.721. The Morgan fingerprint density at radius 1 is 0.556 bits per heavy atom. The number of hydrogen-bond acceptors (Lipinski definition) is 9. The van der Waals surface area contributed by atoms with Crippen molar-refractivity contribution in [2.75, 3.05) is 26.4 Å². The molecule has 0 saturated carbocycles. The van der Waals surface area contributed by atoms with Gasteiger partial charge in [0.2, 0.25) is 0 Å². The smallest absolute Gasteiger partial charge is 0.462 e. The molecule has 0 aliphatic rings. The minimum absolute atomic E-state index is 0.160. The molecule has 0 bridgehead atoms. The van der Waals surface area contributed by atoms with Gasteiger partial charge in [-0.1, -0.05) is 132 Å². The number of unbranched alkanes of at least 4 members (excludes halogenated alkanes) is 14. The fourth-order valence-electron chi connectivity index (χ4n) is 5.13. The summed E-state index contributed by atoms with van der Waals surface area (Å²) < 4.78 is 32.6. The highest BCUT2D eigenvalue weighted by Crippen LogP contribution is 2.43. The molecule has 3 N–H and O–H groups in total. The topological polar surface area (TPSA) is 149 Å². The Labute approximate surface area is 327 Å². The van der Waals surface area contributed by atoms with Gasteiger partial charge in [-0.15, -0.1) is 0 Å². The van der Waals surface area contributed by atoms with Gasteiger partial charge >= 0.3 is 19.8 Å². The average Bonchev–Trinajstić information content (AvgIpc) is 3.16. The first kappa shape index (κ1) is 51.7. The van der Waals surface area contributed by atoms with Crippen molar-refractivity contribution in [3.63, 3.8) is 0 Å². The lowest BCUT2D eigenvalue weighted by molar-refractivity contribution is -0.161. The second-order valence-electron chi connectivity index (χ2n) is 13.7. The summed E-state index contributed by atoms with van der Waals surface area (Å²) in [5.41, 5.74) is 0. The first-order valence-electron chi connectivity index (χ1n) is 20.7. The summed E-state index contributed by atoms with van der Waals surface area (Å²) >= 11 is 0. The van der Waals surface area contributed by atoms with E-state index in [2.05, 4.69) is 79.1 Å². The van der Waals surface area contributed by atoms with E-state index in [-0.39, 0.29) is 19.4 Å². The van der Waals surface area contributed by atoms with Crippen LogP contribution in [0.5, 0.6) is 0 Å². The summed E-state index contributed by atoms with van der Waals surface area (Å²) in [5.74, 6) is -0.972.